The standard InChI is InChI=1S/C26H29ClN2O4S/c1-15-9-21(10-16(2)23(15)14-28-19(5)26(30)31)20-7-6-8-22(13-20)29-34(32,33)25-12-17(3)24(27)11-18(25)4/h6-13,19,28-29H,14H2,1-5H3,(H,30,31)/t19-/m1/s1. The lowest BCUT2D eigenvalue weighted by Gasteiger charge is -2.16. The Balaban J connectivity index is 1.88. The highest BCUT2D eigenvalue weighted by molar-refractivity contribution is 7.92. The van der Waals surface area contributed by atoms with E-state index in [1.807, 2.05) is 38.1 Å². The van der Waals surface area contributed by atoms with Gasteiger partial charge in [0.15, 0.2) is 0 Å². The quantitative estimate of drug-likeness (QED) is 0.374. The Kier molecular flexibility index (Phi) is 7.70. The summed E-state index contributed by atoms with van der Waals surface area (Å²) in [5.74, 6) is -0.893. The van der Waals surface area contributed by atoms with E-state index in [1.165, 1.54) is 0 Å². The number of carboxylic acid groups (broad SMARTS) is 1. The maximum absolute atomic E-state index is 13.1. The van der Waals surface area contributed by atoms with Gasteiger partial charge in [0.05, 0.1) is 4.90 Å². The highest BCUT2D eigenvalue weighted by Crippen LogP contribution is 2.29. The maximum Gasteiger partial charge on any atom is 0.320 e. The van der Waals surface area contributed by atoms with Gasteiger partial charge in [-0.3, -0.25) is 9.52 Å². The number of nitrogens with one attached hydrogen (secondary N) is 2. The van der Waals surface area contributed by atoms with E-state index >= 15 is 0 Å². The van der Waals surface area contributed by atoms with Gasteiger partial charge in [-0.25, -0.2) is 8.42 Å². The Morgan fingerprint density at radius 1 is 0.941 bits per heavy atom. The monoisotopic (exact) mass is 500 g/mol. The number of aliphatic carboxylic acids is 1. The molecule has 0 amide bonds. The molecule has 0 saturated carbocycles. The van der Waals surface area contributed by atoms with Gasteiger partial charge in [-0.1, -0.05) is 35.9 Å². The van der Waals surface area contributed by atoms with Crippen LogP contribution in [-0.4, -0.2) is 25.5 Å². The van der Waals surface area contributed by atoms with Crippen molar-refractivity contribution in [3.8, 4) is 11.1 Å². The van der Waals surface area contributed by atoms with Gasteiger partial charge in [-0.2, -0.15) is 0 Å². The fourth-order valence-corrected chi connectivity index (χ4v) is 5.38. The van der Waals surface area contributed by atoms with Crippen molar-refractivity contribution in [3.63, 3.8) is 0 Å². The lowest BCUT2D eigenvalue weighted by molar-refractivity contribution is -0.139. The normalized spacial score (nSPS) is 12.4. The molecular formula is C26H29ClN2O4S. The number of carbonyl (C=O) groups is 1. The second-order valence-corrected chi connectivity index (χ2v) is 10.6. The molecule has 8 heteroatoms. The van der Waals surface area contributed by atoms with Gasteiger partial charge < -0.3 is 10.4 Å². The first kappa shape index (κ1) is 25.7. The number of hydrogen-bond acceptors (Lipinski definition) is 4. The van der Waals surface area contributed by atoms with Gasteiger partial charge in [0, 0.05) is 17.3 Å². The van der Waals surface area contributed by atoms with Crippen LogP contribution in [0.2, 0.25) is 5.02 Å². The Bertz CT molecular complexity index is 1330. The zero-order chi connectivity index (χ0) is 25.2. The Morgan fingerprint density at radius 3 is 2.21 bits per heavy atom. The summed E-state index contributed by atoms with van der Waals surface area (Å²) < 4.78 is 28.8. The molecule has 3 rings (SSSR count). The molecule has 0 bridgehead atoms. The molecule has 180 valence electrons. The minimum absolute atomic E-state index is 0.193. The van der Waals surface area contributed by atoms with E-state index < -0.39 is 22.0 Å². The summed E-state index contributed by atoms with van der Waals surface area (Å²) in [6.45, 7) is 9.52. The number of carboxylic acids is 1. The SMILES string of the molecule is Cc1cc(S(=O)(=O)Nc2cccc(-c3cc(C)c(CN[C@H](C)C(=O)O)c(C)c3)c2)c(C)cc1Cl. The molecule has 1 atom stereocenters. The van der Waals surface area contributed by atoms with Crippen molar-refractivity contribution in [3.05, 3.63) is 81.4 Å². The lowest BCUT2D eigenvalue weighted by atomic mass is 9.95. The van der Waals surface area contributed by atoms with E-state index in [0.29, 0.717) is 28.4 Å². The molecule has 3 N–H and O–H groups in total. The second kappa shape index (κ2) is 10.2. The highest BCUT2D eigenvalue weighted by atomic mass is 35.5. The zero-order valence-electron chi connectivity index (χ0n) is 19.9. The molecule has 0 fully saturated rings. The highest BCUT2D eigenvalue weighted by Gasteiger charge is 2.19. The predicted octanol–water partition coefficient (Wildman–Crippen LogP) is 5.60. The van der Waals surface area contributed by atoms with Gasteiger partial charge in [0.2, 0.25) is 0 Å². The van der Waals surface area contributed by atoms with Crippen LogP contribution in [0.5, 0.6) is 0 Å². The summed E-state index contributed by atoms with van der Waals surface area (Å²) in [7, 11) is -3.79. The van der Waals surface area contributed by atoms with Crippen LogP contribution in [-0.2, 0) is 21.4 Å². The molecular weight excluding hydrogens is 472 g/mol. The number of halogens is 1. The van der Waals surface area contributed by atoms with Crippen LogP contribution in [0.3, 0.4) is 0 Å². The van der Waals surface area contributed by atoms with Crippen molar-refractivity contribution in [1.82, 2.24) is 5.32 Å². The molecule has 0 aliphatic heterocycles. The first-order chi connectivity index (χ1) is 15.9. The smallest absolute Gasteiger partial charge is 0.320 e. The van der Waals surface area contributed by atoms with Gasteiger partial charge >= 0.3 is 5.97 Å². The van der Waals surface area contributed by atoms with Crippen LogP contribution in [0.4, 0.5) is 5.69 Å². The fourth-order valence-electron chi connectivity index (χ4n) is 3.80. The summed E-state index contributed by atoms with van der Waals surface area (Å²) in [6, 6.07) is 13.9. The van der Waals surface area contributed by atoms with E-state index in [9.17, 15) is 13.2 Å². The number of anilines is 1. The Hall–Kier alpha value is -2.87. The minimum atomic E-state index is -3.79. The van der Waals surface area contributed by atoms with Gasteiger partial charge in [-0.15, -0.1) is 0 Å². The van der Waals surface area contributed by atoms with Crippen LogP contribution < -0.4 is 10.0 Å². The van der Waals surface area contributed by atoms with Crippen LogP contribution in [0.1, 0.15) is 34.7 Å². The zero-order valence-corrected chi connectivity index (χ0v) is 21.4. The molecule has 6 nitrogen and oxygen atoms in total. The van der Waals surface area contributed by atoms with Crippen molar-refractivity contribution in [2.45, 2.75) is 52.1 Å². The fraction of sp³-hybridized carbons (Fsp3) is 0.269. The predicted molar refractivity (Wildman–Crippen MR) is 137 cm³/mol. The first-order valence-corrected chi connectivity index (χ1v) is 12.7. The summed E-state index contributed by atoms with van der Waals surface area (Å²) in [4.78, 5) is 11.3. The lowest BCUT2D eigenvalue weighted by Crippen LogP contribution is -2.33. The van der Waals surface area contributed by atoms with E-state index in [-0.39, 0.29) is 4.90 Å². The van der Waals surface area contributed by atoms with Crippen molar-refractivity contribution in [2.24, 2.45) is 0 Å². The maximum atomic E-state index is 13.1. The minimum Gasteiger partial charge on any atom is -0.480 e. The third kappa shape index (κ3) is 5.78. The average Bonchev–Trinajstić information content (AvgIpc) is 2.75. The molecule has 3 aromatic rings. The number of sulfonamides is 1. The third-order valence-corrected chi connectivity index (χ3v) is 7.78. The summed E-state index contributed by atoms with van der Waals surface area (Å²) in [6.07, 6.45) is 0. The van der Waals surface area contributed by atoms with Crippen LogP contribution in [0.25, 0.3) is 11.1 Å². The van der Waals surface area contributed by atoms with E-state index in [2.05, 4.69) is 10.0 Å². The van der Waals surface area contributed by atoms with Gasteiger partial charge in [0.1, 0.15) is 6.04 Å². The van der Waals surface area contributed by atoms with Crippen LogP contribution in [0.15, 0.2) is 53.4 Å². The molecule has 0 spiro atoms. The summed E-state index contributed by atoms with van der Waals surface area (Å²) in [5.41, 5.74) is 6.64. The molecule has 0 aromatic heterocycles. The number of rotatable bonds is 8. The molecule has 34 heavy (non-hydrogen) atoms. The second-order valence-electron chi connectivity index (χ2n) is 8.58. The largest absolute Gasteiger partial charge is 0.480 e. The summed E-state index contributed by atoms with van der Waals surface area (Å²) >= 11 is 6.13. The first-order valence-electron chi connectivity index (χ1n) is 10.9. The molecule has 0 unspecified atom stereocenters. The van der Waals surface area contributed by atoms with Gasteiger partial charge in [0.25, 0.3) is 10.0 Å². The number of aryl methyl sites for hydroxylation is 4. The van der Waals surface area contributed by atoms with Crippen molar-refractivity contribution in [2.75, 3.05) is 4.72 Å². The van der Waals surface area contributed by atoms with Crippen molar-refractivity contribution < 1.29 is 18.3 Å². The molecule has 0 aliphatic rings. The molecule has 0 heterocycles. The third-order valence-electron chi connectivity index (χ3n) is 5.85. The van der Waals surface area contributed by atoms with E-state index in [0.717, 1.165) is 27.8 Å². The summed E-state index contributed by atoms with van der Waals surface area (Å²) in [5, 5.41) is 12.6. The Labute approximate surface area is 206 Å². The Morgan fingerprint density at radius 2 is 1.59 bits per heavy atom. The number of benzene rings is 3. The topological polar surface area (TPSA) is 95.5 Å². The molecule has 0 radical (unpaired) electrons. The molecule has 0 aliphatic carbocycles. The number of hydrogen-bond donors (Lipinski definition) is 3. The van der Waals surface area contributed by atoms with Crippen LogP contribution >= 0.6 is 11.6 Å². The van der Waals surface area contributed by atoms with E-state index in [4.69, 9.17) is 16.7 Å². The van der Waals surface area contributed by atoms with Crippen LogP contribution in [0, 0.1) is 27.7 Å². The van der Waals surface area contributed by atoms with Gasteiger partial charge in [-0.05, 0) is 97.8 Å². The van der Waals surface area contributed by atoms with Crippen molar-refractivity contribution in [1.29, 1.82) is 0 Å². The molecule has 3 aromatic carbocycles. The van der Waals surface area contributed by atoms with E-state index in [1.54, 1.807) is 45.0 Å². The molecule has 0 saturated heterocycles. The average molecular weight is 501 g/mol. The van der Waals surface area contributed by atoms with Crippen molar-refractivity contribution >= 4 is 33.3 Å².